The summed E-state index contributed by atoms with van der Waals surface area (Å²) in [4.78, 5) is 25.6. The first-order valence-electron chi connectivity index (χ1n) is 10.2. The number of benzene rings is 3. The van der Waals surface area contributed by atoms with Crippen LogP contribution in [-0.4, -0.2) is 17.9 Å². The van der Waals surface area contributed by atoms with Crippen LogP contribution in [0.4, 0.5) is 17.1 Å². The number of amides is 1. The van der Waals surface area contributed by atoms with Gasteiger partial charge in [0.25, 0.3) is 11.6 Å². The Bertz CT molecular complexity index is 1330. The number of methoxy groups -OCH3 is 1. The predicted molar refractivity (Wildman–Crippen MR) is 123 cm³/mol. The number of ether oxygens (including phenoxy) is 1. The topological polar surface area (TPSA) is 97.8 Å². The van der Waals surface area contributed by atoms with E-state index >= 15 is 0 Å². The maximum Gasteiger partial charge on any atom is 0.269 e. The van der Waals surface area contributed by atoms with Crippen molar-refractivity contribution in [3.05, 3.63) is 106 Å². The van der Waals surface area contributed by atoms with Gasteiger partial charge in [0.1, 0.15) is 17.3 Å². The van der Waals surface area contributed by atoms with Gasteiger partial charge in [-0.3, -0.25) is 19.8 Å². The molecule has 164 valence electrons. The number of rotatable bonds is 5. The Labute approximate surface area is 189 Å². The van der Waals surface area contributed by atoms with Gasteiger partial charge in [-0.2, -0.15) is 0 Å². The van der Waals surface area contributed by atoms with Crippen LogP contribution < -0.4 is 15.0 Å². The molecule has 1 aliphatic heterocycles. The highest BCUT2D eigenvalue weighted by molar-refractivity contribution is 6.10. The number of fused-ring (bicyclic) bond motifs is 1. The lowest BCUT2D eigenvalue weighted by atomic mass is 10.1. The van der Waals surface area contributed by atoms with E-state index in [2.05, 4.69) is 5.32 Å². The van der Waals surface area contributed by atoms with Crippen molar-refractivity contribution in [3.63, 3.8) is 0 Å². The monoisotopic (exact) mass is 441 g/mol. The lowest BCUT2D eigenvalue weighted by Gasteiger charge is -2.23. The first-order valence-corrected chi connectivity index (χ1v) is 10.2. The fourth-order valence-corrected chi connectivity index (χ4v) is 3.86. The van der Waals surface area contributed by atoms with Crippen molar-refractivity contribution in [2.75, 3.05) is 17.3 Å². The number of nitrogens with zero attached hydrogens (tertiary/aromatic N) is 2. The van der Waals surface area contributed by atoms with Gasteiger partial charge in [0.15, 0.2) is 6.17 Å². The number of anilines is 2. The van der Waals surface area contributed by atoms with E-state index in [0.29, 0.717) is 28.4 Å². The van der Waals surface area contributed by atoms with Crippen LogP contribution in [0.15, 0.2) is 89.3 Å². The summed E-state index contributed by atoms with van der Waals surface area (Å²) in [6.45, 7) is 0. The first-order chi connectivity index (χ1) is 16.0. The minimum atomic E-state index is -0.552. The van der Waals surface area contributed by atoms with E-state index < -0.39 is 11.1 Å². The third-order valence-electron chi connectivity index (χ3n) is 5.53. The van der Waals surface area contributed by atoms with Crippen LogP contribution in [0.1, 0.15) is 22.3 Å². The number of para-hydroxylation sites is 2. The molecule has 1 aliphatic rings. The maximum absolute atomic E-state index is 13.5. The third-order valence-corrected chi connectivity index (χ3v) is 5.53. The molecular weight excluding hydrogens is 422 g/mol. The zero-order chi connectivity index (χ0) is 22.9. The van der Waals surface area contributed by atoms with E-state index in [-0.39, 0.29) is 11.6 Å². The maximum atomic E-state index is 13.5. The van der Waals surface area contributed by atoms with Crippen LogP contribution in [0.5, 0.6) is 5.75 Å². The molecule has 33 heavy (non-hydrogen) atoms. The van der Waals surface area contributed by atoms with Crippen molar-refractivity contribution in [3.8, 4) is 17.1 Å². The summed E-state index contributed by atoms with van der Waals surface area (Å²) in [5.74, 6) is 1.58. The summed E-state index contributed by atoms with van der Waals surface area (Å²) in [5, 5.41) is 14.3. The lowest BCUT2D eigenvalue weighted by molar-refractivity contribution is -0.384. The summed E-state index contributed by atoms with van der Waals surface area (Å²) < 4.78 is 11.3. The standard InChI is InChI=1S/C25H19N3O5/c1-32-19-12-8-17(9-13-19)25(29)27-21-5-3-2-4-20(21)26-24(27)23-15-14-22(33-23)16-6-10-18(11-7-16)28(30)31/h2-15,24,26H,1H3. The molecule has 0 radical (unpaired) electrons. The number of hydrogen-bond acceptors (Lipinski definition) is 6. The van der Waals surface area contributed by atoms with E-state index in [1.54, 1.807) is 60.5 Å². The summed E-state index contributed by atoms with van der Waals surface area (Å²) in [7, 11) is 1.58. The van der Waals surface area contributed by atoms with E-state index in [1.807, 2.05) is 24.3 Å². The van der Waals surface area contributed by atoms with Crippen LogP contribution in [0.25, 0.3) is 11.3 Å². The third kappa shape index (κ3) is 3.67. The summed E-state index contributed by atoms with van der Waals surface area (Å²) >= 11 is 0. The molecule has 1 atom stereocenters. The van der Waals surface area contributed by atoms with E-state index in [1.165, 1.54) is 12.1 Å². The molecule has 0 aliphatic carbocycles. The summed E-state index contributed by atoms with van der Waals surface area (Å²) in [5.41, 5.74) is 2.79. The molecule has 5 rings (SSSR count). The number of non-ortho nitro benzene ring substituents is 1. The van der Waals surface area contributed by atoms with Crippen molar-refractivity contribution in [1.29, 1.82) is 0 Å². The number of furan rings is 1. The van der Waals surface area contributed by atoms with Gasteiger partial charge in [0.05, 0.1) is 23.4 Å². The minimum absolute atomic E-state index is 0.00898. The molecule has 0 saturated carbocycles. The smallest absolute Gasteiger partial charge is 0.269 e. The second-order valence-electron chi connectivity index (χ2n) is 7.47. The van der Waals surface area contributed by atoms with E-state index in [4.69, 9.17) is 9.15 Å². The molecule has 8 nitrogen and oxygen atoms in total. The predicted octanol–water partition coefficient (Wildman–Crippen LogP) is 5.63. The average molecular weight is 441 g/mol. The molecule has 0 spiro atoms. The SMILES string of the molecule is COc1ccc(C(=O)N2c3ccccc3NC2c2ccc(-c3ccc([N+](=O)[O-])cc3)o2)cc1. The first kappa shape index (κ1) is 20.3. The zero-order valence-corrected chi connectivity index (χ0v) is 17.6. The van der Waals surface area contributed by atoms with Crippen molar-refractivity contribution >= 4 is 23.0 Å². The van der Waals surface area contributed by atoms with Crippen molar-refractivity contribution in [2.45, 2.75) is 6.17 Å². The zero-order valence-electron chi connectivity index (χ0n) is 17.6. The Morgan fingerprint density at radius 1 is 1.00 bits per heavy atom. The van der Waals surface area contributed by atoms with Crippen LogP contribution in [0.3, 0.4) is 0 Å². The number of nitrogens with one attached hydrogen (secondary N) is 1. The highest BCUT2D eigenvalue weighted by atomic mass is 16.6. The van der Waals surface area contributed by atoms with Crippen molar-refractivity contribution < 1.29 is 18.9 Å². The van der Waals surface area contributed by atoms with Crippen molar-refractivity contribution in [1.82, 2.24) is 0 Å². The highest BCUT2D eigenvalue weighted by Gasteiger charge is 2.36. The molecule has 2 heterocycles. The van der Waals surface area contributed by atoms with E-state index in [0.717, 1.165) is 11.4 Å². The summed E-state index contributed by atoms with van der Waals surface area (Å²) in [6, 6.07) is 24.2. The Kier molecular flexibility index (Phi) is 5.02. The molecule has 0 fully saturated rings. The normalized spacial score (nSPS) is 14.5. The lowest BCUT2D eigenvalue weighted by Crippen LogP contribution is -2.34. The molecule has 3 aromatic carbocycles. The molecule has 0 bridgehead atoms. The van der Waals surface area contributed by atoms with Crippen LogP contribution in [-0.2, 0) is 0 Å². The molecule has 0 saturated heterocycles. The molecule has 4 aromatic rings. The van der Waals surface area contributed by atoms with Gasteiger partial charge >= 0.3 is 0 Å². The fourth-order valence-electron chi connectivity index (χ4n) is 3.86. The number of hydrogen-bond donors (Lipinski definition) is 1. The number of nitro groups is 1. The van der Waals surface area contributed by atoms with Gasteiger partial charge in [0.2, 0.25) is 0 Å². The van der Waals surface area contributed by atoms with Gasteiger partial charge in [-0.25, -0.2) is 0 Å². The number of carbonyl (C=O) groups excluding carboxylic acids is 1. The Morgan fingerprint density at radius 2 is 1.73 bits per heavy atom. The molecule has 1 amide bonds. The molecule has 1 N–H and O–H groups in total. The average Bonchev–Trinajstić information content (AvgIpc) is 3.49. The second-order valence-corrected chi connectivity index (χ2v) is 7.47. The van der Waals surface area contributed by atoms with Gasteiger partial charge in [0, 0.05) is 23.3 Å². The molecular formula is C25H19N3O5. The largest absolute Gasteiger partial charge is 0.497 e. The van der Waals surface area contributed by atoms with E-state index in [9.17, 15) is 14.9 Å². The second kappa shape index (κ2) is 8.16. The van der Waals surface area contributed by atoms with Crippen molar-refractivity contribution in [2.24, 2.45) is 0 Å². The Hall–Kier alpha value is -4.59. The Morgan fingerprint density at radius 3 is 2.42 bits per heavy atom. The van der Waals surface area contributed by atoms with Gasteiger partial charge < -0.3 is 14.5 Å². The van der Waals surface area contributed by atoms with Crippen LogP contribution in [0.2, 0.25) is 0 Å². The quantitative estimate of drug-likeness (QED) is 0.318. The van der Waals surface area contributed by atoms with Gasteiger partial charge in [-0.15, -0.1) is 0 Å². The van der Waals surface area contributed by atoms with Crippen LogP contribution >= 0.6 is 0 Å². The number of carbonyl (C=O) groups is 1. The van der Waals surface area contributed by atoms with Crippen LogP contribution in [0, 0.1) is 10.1 Å². The molecule has 8 heteroatoms. The summed E-state index contributed by atoms with van der Waals surface area (Å²) in [6.07, 6.45) is -0.552. The highest BCUT2D eigenvalue weighted by Crippen LogP contribution is 2.43. The van der Waals surface area contributed by atoms with Gasteiger partial charge in [-0.1, -0.05) is 12.1 Å². The number of nitro benzene ring substituents is 1. The fraction of sp³-hybridized carbons (Fsp3) is 0.0800. The molecule has 1 aromatic heterocycles. The van der Waals surface area contributed by atoms with Gasteiger partial charge in [-0.05, 0) is 60.7 Å². The Balaban J connectivity index is 1.49. The minimum Gasteiger partial charge on any atom is -0.497 e. The molecule has 1 unspecified atom stereocenters.